The molecule has 0 unspecified atom stereocenters. The number of hydrogen-bond donors (Lipinski definition) is 1. The van der Waals surface area contributed by atoms with Crippen molar-refractivity contribution in [2.75, 3.05) is 49.0 Å². The highest BCUT2D eigenvalue weighted by atomic mass is 16.5. The Bertz CT molecular complexity index is 835. The molecule has 2 aliphatic rings. The molecule has 0 aromatic carbocycles. The molecular formula is C20H28N6O2. The third-order valence-electron chi connectivity index (χ3n) is 5.66. The Balaban J connectivity index is 1.39. The van der Waals surface area contributed by atoms with Crippen molar-refractivity contribution >= 4 is 17.5 Å². The van der Waals surface area contributed by atoms with Gasteiger partial charge in [0.25, 0.3) is 0 Å². The number of nitrogens with one attached hydrogen (secondary N) is 1. The van der Waals surface area contributed by atoms with Crippen LogP contribution in [0.25, 0.3) is 0 Å². The summed E-state index contributed by atoms with van der Waals surface area (Å²) >= 11 is 0. The Labute approximate surface area is 165 Å². The topological polar surface area (TPSA) is 75.6 Å². The Kier molecular flexibility index (Phi) is 4.87. The smallest absolute Gasteiger partial charge is 0.225 e. The number of fused-ring (bicyclic) bond motifs is 1. The van der Waals surface area contributed by atoms with Gasteiger partial charge in [-0.2, -0.15) is 4.98 Å². The summed E-state index contributed by atoms with van der Waals surface area (Å²) in [6.45, 7) is 6.85. The zero-order valence-electron chi connectivity index (χ0n) is 17.0. The number of anilines is 3. The second-order valence-electron chi connectivity index (χ2n) is 8.00. The molecule has 0 amide bonds. The summed E-state index contributed by atoms with van der Waals surface area (Å²) in [6, 6.07) is 4.36. The molecule has 1 saturated heterocycles. The van der Waals surface area contributed by atoms with Crippen LogP contribution in [-0.4, -0.2) is 60.4 Å². The van der Waals surface area contributed by atoms with Crippen molar-refractivity contribution in [2.45, 2.75) is 38.3 Å². The molecule has 0 radical (unpaired) electrons. The molecule has 0 bridgehead atoms. The van der Waals surface area contributed by atoms with E-state index in [9.17, 15) is 0 Å². The van der Waals surface area contributed by atoms with E-state index >= 15 is 0 Å². The maximum absolute atomic E-state index is 5.82. The summed E-state index contributed by atoms with van der Waals surface area (Å²) < 4.78 is 11.1. The Hall–Kier alpha value is -2.77. The first-order valence-electron chi connectivity index (χ1n) is 9.71. The van der Waals surface area contributed by atoms with E-state index < -0.39 is 0 Å². The van der Waals surface area contributed by atoms with Crippen LogP contribution in [0.3, 0.4) is 0 Å². The van der Waals surface area contributed by atoms with Crippen molar-refractivity contribution < 1.29 is 9.47 Å². The van der Waals surface area contributed by atoms with Crippen molar-refractivity contribution in [2.24, 2.45) is 0 Å². The lowest BCUT2D eigenvalue weighted by molar-refractivity contribution is 0.215. The predicted molar refractivity (Wildman–Crippen MR) is 110 cm³/mol. The first kappa shape index (κ1) is 18.6. The van der Waals surface area contributed by atoms with Crippen molar-refractivity contribution in [1.82, 2.24) is 15.0 Å². The maximum Gasteiger partial charge on any atom is 0.225 e. The van der Waals surface area contributed by atoms with Crippen molar-refractivity contribution in [3.8, 4) is 11.6 Å². The van der Waals surface area contributed by atoms with E-state index in [0.717, 1.165) is 43.2 Å². The van der Waals surface area contributed by atoms with Crippen LogP contribution in [0.1, 0.15) is 26.7 Å². The van der Waals surface area contributed by atoms with E-state index in [1.807, 2.05) is 12.1 Å². The van der Waals surface area contributed by atoms with E-state index in [1.54, 1.807) is 19.5 Å². The Morgan fingerprint density at radius 3 is 2.79 bits per heavy atom. The number of piperidine rings is 1. The third-order valence-corrected chi connectivity index (χ3v) is 5.66. The lowest BCUT2D eigenvalue weighted by Crippen LogP contribution is -2.49. The van der Waals surface area contributed by atoms with Gasteiger partial charge in [-0.05, 0) is 32.8 Å². The van der Waals surface area contributed by atoms with Crippen LogP contribution < -0.4 is 24.6 Å². The van der Waals surface area contributed by atoms with Crippen molar-refractivity contribution in [3.63, 3.8) is 0 Å². The number of likely N-dealkylation sites (N-methyl/N-ethyl adjacent to an activating group) is 1. The van der Waals surface area contributed by atoms with Gasteiger partial charge in [-0.1, -0.05) is 0 Å². The quantitative estimate of drug-likeness (QED) is 0.862. The fraction of sp³-hybridized carbons (Fsp3) is 0.550. The summed E-state index contributed by atoms with van der Waals surface area (Å²) in [5, 5.41) is 3.51. The van der Waals surface area contributed by atoms with Crippen LogP contribution in [-0.2, 0) is 0 Å². The zero-order chi connectivity index (χ0) is 19.7. The molecule has 28 heavy (non-hydrogen) atoms. The molecule has 4 heterocycles. The molecule has 0 saturated carbocycles. The molecule has 2 aliphatic heterocycles. The molecule has 0 atom stereocenters. The Morgan fingerprint density at radius 2 is 2.04 bits per heavy atom. The van der Waals surface area contributed by atoms with E-state index in [1.165, 1.54) is 0 Å². The van der Waals surface area contributed by atoms with Crippen LogP contribution in [0, 0.1) is 0 Å². The summed E-state index contributed by atoms with van der Waals surface area (Å²) in [5.41, 5.74) is 1.06. The minimum absolute atomic E-state index is 0.0877. The molecule has 8 nitrogen and oxygen atoms in total. The van der Waals surface area contributed by atoms with E-state index in [2.05, 4.69) is 46.0 Å². The van der Waals surface area contributed by atoms with Gasteiger partial charge in [0, 0.05) is 44.1 Å². The summed E-state index contributed by atoms with van der Waals surface area (Å²) in [4.78, 5) is 17.9. The zero-order valence-corrected chi connectivity index (χ0v) is 17.0. The second-order valence-corrected chi connectivity index (χ2v) is 8.00. The van der Waals surface area contributed by atoms with Gasteiger partial charge < -0.3 is 24.6 Å². The van der Waals surface area contributed by atoms with Gasteiger partial charge in [0.05, 0.1) is 18.8 Å². The van der Waals surface area contributed by atoms with Crippen molar-refractivity contribution in [1.29, 1.82) is 0 Å². The normalized spacial score (nSPS) is 19.0. The van der Waals surface area contributed by atoms with Crippen LogP contribution in [0.2, 0.25) is 0 Å². The summed E-state index contributed by atoms with van der Waals surface area (Å²) in [7, 11) is 3.70. The average Bonchev–Trinajstić information content (AvgIpc) is 2.72. The monoisotopic (exact) mass is 384 g/mol. The van der Waals surface area contributed by atoms with Crippen LogP contribution in [0.4, 0.5) is 17.5 Å². The molecule has 1 fully saturated rings. The van der Waals surface area contributed by atoms with E-state index in [-0.39, 0.29) is 5.54 Å². The van der Waals surface area contributed by atoms with E-state index in [0.29, 0.717) is 24.5 Å². The molecular weight excluding hydrogens is 356 g/mol. The maximum atomic E-state index is 5.82. The van der Waals surface area contributed by atoms with Crippen molar-refractivity contribution in [3.05, 3.63) is 24.5 Å². The third kappa shape index (κ3) is 3.63. The number of aromatic nitrogens is 3. The molecule has 1 N–H and O–H groups in total. The number of nitrogens with zero attached hydrogens (tertiary/aromatic N) is 5. The number of ether oxygens (including phenoxy) is 2. The summed E-state index contributed by atoms with van der Waals surface area (Å²) in [5.74, 6) is 2.90. The fourth-order valence-corrected chi connectivity index (χ4v) is 3.58. The molecule has 150 valence electrons. The molecule has 4 rings (SSSR count). The Morgan fingerprint density at radius 1 is 1.25 bits per heavy atom. The highest BCUT2D eigenvalue weighted by Crippen LogP contribution is 2.35. The standard InChI is InChI=1S/C20H28N6O2/c1-20(2)13-28-16-12-22-19(24-18(16)25(20)3)23-14-6-9-26(10-7-14)15-5-8-21-17(11-15)27-4/h5,8,11-12,14H,6-7,9-10,13H2,1-4H3,(H,22,23,24). The number of rotatable bonds is 4. The van der Waals surface area contributed by atoms with Crippen LogP contribution >= 0.6 is 0 Å². The minimum atomic E-state index is -0.0877. The lowest BCUT2D eigenvalue weighted by atomic mass is 10.0. The second kappa shape index (κ2) is 7.33. The minimum Gasteiger partial charge on any atom is -0.486 e. The SMILES string of the molecule is COc1cc(N2CCC(Nc3ncc4c(n3)N(C)C(C)(C)CO4)CC2)ccn1. The first-order chi connectivity index (χ1) is 13.5. The average molecular weight is 384 g/mol. The number of methoxy groups -OCH3 is 1. The summed E-state index contributed by atoms with van der Waals surface area (Å²) in [6.07, 6.45) is 5.60. The van der Waals surface area contributed by atoms with Gasteiger partial charge in [-0.25, -0.2) is 9.97 Å². The van der Waals surface area contributed by atoms with Gasteiger partial charge in [0.1, 0.15) is 6.61 Å². The van der Waals surface area contributed by atoms with Gasteiger partial charge in [0.15, 0.2) is 11.6 Å². The molecule has 2 aromatic rings. The van der Waals surface area contributed by atoms with Gasteiger partial charge in [0.2, 0.25) is 11.8 Å². The lowest BCUT2D eigenvalue weighted by Gasteiger charge is -2.41. The fourth-order valence-electron chi connectivity index (χ4n) is 3.58. The van der Waals surface area contributed by atoms with Crippen LogP contribution in [0.5, 0.6) is 11.6 Å². The molecule has 8 heteroatoms. The van der Waals surface area contributed by atoms with Gasteiger partial charge >= 0.3 is 0 Å². The number of hydrogen-bond acceptors (Lipinski definition) is 8. The first-order valence-corrected chi connectivity index (χ1v) is 9.71. The highest BCUT2D eigenvalue weighted by molar-refractivity contribution is 5.57. The molecule has 2 aromatic heterocycles. The largest absolute Gasteiger partial charge is 0.486 e. The van der Waals surface area contributed by atoms with Crippen LogP contribution in [0.15, 0.2) is 24.5 Å². The number of pyridine rings is 1. The predicted octanol–water partition coefficient (Wildman–Crippen LogP) is 2.57. The van der Waals surface area contributed by atoms with Gasteiger partial charge in [-0.3, -0.25) is 0 Å². The molecule has 0 aliphatic carbocycles. The molecule has 0 spiro atoms. The van der Waals surface area contributed by atoms with E-state index in [4.69, 9.17) is 14.5 Å². The van der Waals surface area contributed by atoms with Gasteiger partial charge in [-0.15, -0.1) is 0 Å². The highest BCUT2D eigenvalue weighted by Gasteiger charge is 2.33.